The van der Waals surface area contributed by atoms with E-state index in [0.29, 0.717) is 6.04 Å². The van der Waals surface area contributed by atoms with Gasteiger partial charge in [0.25, 0.3) is 0 Å². The van der Waals surface area contributed by atoms with E-state index in [1.807, 2.05) is 0 Å². The highest BCUT2D eigenvalue weighted by atomic mass is 15.2. The molecule has 1 aromatic heterocycles. The number of nitrogens with zero attached hydrogens (tertiary/aromatic N) is 2. The van der Waals surface area contributed by atoms with Gasteiger partial charge in [-0.25, -0.2) is 0 Å². The minimum atomic E-state index is 0.465. The summed E-state index contributed by atoms with van der Waals surface area (Å²) >= 11 is 0. The molecule has 1 saturated heterocycles. The summed E-state index contributed by atoms with van der Waals surface area (Å²) in [6.45, 7) is 3.25. The summed E-state index contributed by atoms with van der Waals surface area (Å²) in [5.74, 6) is 0. The molecule has 4 nitrogen and oxygen atoms in total. The van der Waals surface area contributed by atoms with Gasteiger partial charge in [0, 0.05) is 25.3 Å². The highest BCUT2D eigenvalue weighted by Crippen LogP contribution is 2.28. The third-order valence-electron chi connectivity index (χ3n) is 3.91. The quantitative estimate of drug-likeness (QED) is 0.738. The minimum Gasteiger partial charge on any atom is -0.313 e. The molecule has 1 aromatic rings. The van der Waals surface area contributed by atoms with Crippen LogP contribution >= 0.6 is 0 Å². The maximum atomic E-state index is 4.57. The molecule has 88 valence electrons. The van der Waals surface area contributed by atoms with Crippen molar-refractivity contribution in [3.63, 3.8) is 0 Å². The Kier molecular flexibility index (Phi) is 2.69. The number of hydrogen-bond donors (Lipinski definition) is 2. The molecule has 0 aromatic carbocycles. The van der Waals surface area contributed by atoms with Crippen LogP contribution in [-0.4, -0.2) is 41.8 Å². The van der Waals surface area contributed by atoms with Gasteiger partial charge in [-0.3, -0.25) is 10.00 Å². The lowest BCUT2D eigenvalue weighted by molar-refractivity contribution is 0.197. The van der Waals surface area contributed by atoms with E-state index < -0.39 is 0 Å². The number of nitrogens with one attached hydrogen (secondary N) is 2. The Bertz CT molecular complexity index is 371. The van der Waals surface area contributed by atoms with Gasteiger partial charge in [0.05, 0.1) is 11.7 Å². The van der Waals surface area contributed by atoms with Crippen LogP contribution in [0.25, 0.3) is 0 Å². The smallest absolute Gasteiger partial charge is 0.0841 e. The van der Waals surface area contributed by atoms with Gasteiger partial charge in [-0.05, 0) is 38.3 Å². The van der Waals surface area contributed by atoms with Crippen LogP contribution in [0.2, 0.25) is 0 Å². The van der Waals surface area contributed by atoms with Crippen molar-refractivity contribution >= 4 is 0 Å². The number of H-pyrrole nitrogens is 1. The van der Waals surface area contributed by atoms with E-state index in [1.54, 1.807) is 0 Å². The van der Waals surface area contributed by atoms with Crippen LogP contribution in [0.15, 0.2) is 0 Å². The number of likely N-dealkylation sites (N-methyl/N-ethyl adjacent to an activating group) is 1. The number of aryl methyl sites for hydroxylation is 1. The fourth-order valence-electron chi connectivity index (χ4n) is 2.89. The Hall–Kier alpha value is -0.870. The Morgan fingerprint density at radius 1 is 1.31 bits per heavy atom. The molecule has 16 heavy (non-hydrogen) atoms. The number of rotatable bonds is 1. The zero-order chi connectivity index (χ0) is 11.0. The highest BCUT2D eigenvalue weighted by molar-refractivity contribution is 5.30. The maximum Gasteiger partial charge on any atom is 0.0841 e. The molecule has 4 heteroatoms. The Labute approximate surface area is 96.4 Å². The van der Waals surface area contributed by atoms with Crippen LogP contribution < -0.4 is 5.32 Å². The largest absolute Gasteiger partial charge is 0.313 e. The van der Waals surface area contributed by atoms with E-state index in [4.69, 9.17) is 0 Å². The van der Waals surface area contributed by atoms with Gasteiger partial charge in [0.15, 0.2) is 0 Å². The lowest BCUT2D eigenvalue weighted by Gasteiger charge is -2.32. The van der Waals surface area contributed by atoms with Gasteiger partial charge in [0.1, 0.15) is 0 Å². The molecule has 3 rings (SSSR count). The van der Waals surface area contributed by atoms with E-state index in [-0.39, 0.29) is 0 Å². The van der Waals surface area contributed by atoms with Crippen molar-refractivity contribution in [2.24, 2.45) is 0 Å². The van der Waals surface area contributed by atoms with Crippen molar-refractivity contribution in [2.75, 3.05) is 26.7 Å². The summed E-state index contributed by atoms with van der Waals surface area (Å²) in [5, 5.41) is 11.3. The predicted octanol–water partition coefficient (Wildman–Crippen LogP) is 0.865. The second kappa shape index (κ2) is 4.18. The zero-order valence-electron chi connectivity index (χ0n) is 9.92. The molecular formula is C12H20N4. The van der Waals surface area contributed by atoms with Gasteiger partial charge >= 0.3 is 0 Å². The van der Waals surface area contributed by atoms with Crippen molar-refractivity contribution in [3.8, 4) is 0 Å². The average molecular weight is 220 g/mol. The second-order valence-corrected chi connectivity index (χ2v) is 4.97. The van der Waals surface area contributed by atoms with Crippen molar-refractivity contribution < 1.29 is 0 Å². The monoisotopic (exact) mass is 220 g/mol. The summed E-state index contributed by atoms with van der Waals surface area (Å²) in [7, 11) is 2.20. The number of hydrogen-bond acceptors (Lipinski definition) is 3. The molecule has 0 saturated carbocycles. The van der Waals surface area contributed by atoms with Crippen LogP contribution in [0.1, 0.15) is 35.8 Å². The van der Waals surface area contributed by atoms with E-state index in [1.165, 1.54) is 42.6 Å². The second-order valence-electron chi connectivity index (χ2n) is 4.97. The Balaban J connectivity index is 1.90. The van der Waals surface area contributed by atoms with E-state index in [2.05, 4.69) is 27.5 Å². The Morgan fingerprint density at radius 2 is 2.19 bits per heavy atom. The van der Waals surface area contributed by atoms with Crippen molar-refractivity contribution in [2.45, 2.75) is 31.7 Å². The maximum absolute atomic E-state index is 4.57. The molecule has 0 bridgehead atoms. The molecule has 1 atom stereocenters. The number of aromatic nitrogens is 2. The van der Waals surface area contributed by atoms with Gasteiger partial charge in [0.2, 0.25) is 0 Å². The molecule has 1 aliphatic carbocycles. The molecule has 1 fully saturated rings. The predicted molar refractivity (Wildman–Crippen MR) is 63.5 cm³/mol. The standard InChI is InChI=1S/C12H20N4/c1-16-7-6-13-8-11(16)12-9-4-2-3-5-10(9)14-15-12/h11,13H,2-8H2,1H3,(H,14,15). The fourth-order valence-corrected chi connectivity index (χ4v) is 2.89. The van der Waals surface area contributed by atoms with Gasteiger partial charge in [-0.1, -0.05) is 0 Å². The third kappa shape index (κ3) is 1.66. The first-order valence-electron chi connectivity index (χ1n) is 6.33. The number of aromatic amines is 1. The zero-order valence-corrected chi connectivity index (χ0v) is 9.92. The lowest BCUT2D eigenvalue weighted by atomic mass is 9.93. The van der Waals surface area contributed by atoms with Crippen LogP contribution in [0.4, 0.5) is 0 Å². The summed E-state index contributed by atoms with van der Waals surface area (Å²) < 4.78 is 0. The van der Waals surface area contributed by atoms with Crippen LogP contribution in [0, 0.1) is 0 Å². The van der Waals surface area contributed by atoms with Crippen molar-refractivity contribution in [1.82, 2.24) is 20.4 Å². The molecule has 0 spiro atoms. The molecule has 0 amide bonds. The molecule has 2 aliphatic rings. The fraction of sp³-hybridized carbons (Fsp3) is 0.750. The summed E-state index contributed by atoms with van der Waals surface area (Å²) in [6.07, 6.45) is 5.04. The number of fused-ring (bicyclic) bond motifs is 1. The van der Waals surface area contributed by atoms with Crippen LogP contribution in [0.5, 0.6) is 0 Å². The average Bonchev–Trinajstić information content (AvgIpc) is 2.74. The molecule has 2 N–H and O–H groups in total. The molecule has 0 radical (unpaired) electrons. The Morgan fingerprint density at radius 3 is 3.06 bits per heavy atom. The molecule has 2 heterocycles. The summed E-state index contributed by atoms with van der Waals surface area (Å²) in [5.41, 5.74) is 4.19. The highest BCUT2D eigenvalue weighted by Gasteiger charge is 2.27. The molecule has 1 unspecified atom stereocenters. The normalized spacial score (nSPS) is 26.7. The van der Waals surface area contributed by atoms with E-state index >= 15 is 0 Å². The van der Waals surface area contributed by atoms with Gasteiger partial charge in [-0.2, -0.15) is 5.10 Å². The minimum absolute atomic E-state index is 0.465. The molecule has 1 aliphatic heterocycles. The van der Waals surface area contributed by atoms with Crippen molar-refractivity contribution in [1.29, 1.82) is 0 Å². The SMILES string of the molecule is CN1CCNCC1c1n[nH]c2c1CCCC2. The van der Waals surface area contributed by atoms with Gasteiger partial charge in [-0.15, -0.1) is 0 Å². The van der Waals surface area contributed by atoms with Crippen LogP contribution in [0.3, 0.4) is 0 Å². The summed E-state index contributed by atoms with van der Waals surface area (Å²) in [6, 6.07) is 0.465. The molecular weight excluding hydrogens is 200 g/mol. The topological polar surface area (TPSA) is 44.0 Å². The number of piperazine rings is 1. The first kappa shape index (κ1) is 10.3. The first-order chi connectivity index (χ1) is 7.86. The van der Waals surface area contributed by atoms with E-state index in [9.17, 15) is 0 Å². The first-order valence-corrected chi connectivity index (χ1v) is 6.33. The van der Waals surface area contributed by atoms with Gasteiger partial charge < -0.3 is 5.32 Å². The van der Waals surface area contributed by atoms with E-state index in [0.717, 1.165) is 19.6 Å². The van der Waals surface area contributed by atoms with Crippen LogP contribution in [-0.2, 0) is 12.8 Å². The van der Waals surface area contributed by atoms with Crippen molar-refractivity contribution in [3.05, 3.63) is 17.0 Å². The third-order valence-corrected chi connectivity index (χ3v) is 3.91. The summed E-state index contributed by atoms with van der Waals surface area (Å²) in [4.78, 5) is 2.42. The lowest BCUT2D eigenvalue weighted by Crippen LogP contribution is -2.44.